The maximum atomic E-state index is 5.64. The Morgan fingerprint density at radius 1 is 1.33 bits per heavy atom. The van der Waals surface area contributed by atoms with Crippen LogP contribution in [0.3, 0.4) is 0 Å². The monoisotopic (exact) mass is 181 g/mol. The largest absolute Gasteiger partial charge is 0.327 e. The molecule has 0 radical (unpaired) electrons. The van der Waals surface area contributed by atoms with E-state index in [2.05, 4.69) is 24.3 Å². The number of rotatable bonds is 4. The van der Waals surface area contributed by atoms with Crippen molar-refractivity contribution in [2.45, 2.75) is 18.7 Å². The van der Waals surface area contributed by atoms with E-state index in [-0.39, 0.29) is 0 Å². The Labute approximate surface area is 78.4 Å². The zero-order chi connectivity index (χ0) is 8.81. The van der Waals surface area contributed by atoms with Gasteiger partial charge in [0.05, 0.1) is 0 Å². The fraction of sp³-hybridized carbons (Fsp3) is 0.400. The molecule has 0 heterocycles. The van der Waals surface area contributed by atoms with Crippen molar-refractivity contribution in [2.24, 2.45) is 5.73 Å². The Kier molecular flexibility index (Phi) is 4.19. The minimum atomic E-state index is 0.304. The Hall–Kier alpha value is -0.470. The molecule has 0 amide bonds. The number of hydrogen-bond acceptors (Lipinski definition) is 2. The van der Waals surface area contributed by atoms with Crippen LogP contribution >= 0.6 is 11.8 Å². The molecule has 1 rings (SSSR count). The zero-order valence-corrected chi connectivity index (χ0v) is 8.18. The van der Waals surface area contributed by atoms with Crippen LogP contribution in [0.15, 0.2) is 30.3 Å². The molecule has 0 saturated heterocycles. The Balaban J connectivity index is 2.25. The smallest absolute Gasteiger partial charge is 0.0185 e. The van der Waals surface area contributed by atoms with Gasteiger partial charge in [0.1, 0.15) is 0 Å². The molecule has 1 nitrogen and oxygen atoms in total. The van der Waals surface area contributed by atoms with Gasteiger partial charge in [0.25, 0.3) is 0 Å². The van der Waals surface area contributed by atoms with Crippen molar-refractivity contribution in [3.63, 3.8) is 0 Å². The first-order valence-electron chi connectivity index (χ1n) is 4.16. The summed E-state index contributed by atoms with van der Waals surface area (Å²) in [5.41, 5.74) is 7.01. The summed E-state index contributed by atoms with van der Waals surface area (Å²) in [6.45, 7) is 2.04. The van der Waals surface area contributed by atoms with E-state index in [1.165, 1.54) is 5.56 Å². The fourth-order valence-electron chi connectivity index (χ4n) is 0.937. The second kappa shape index (κ2) is 5.22. The molecule has 1 aromatic carbocycles. The number of nitrogens with two attached hydrogens (primary N) is 1. The molecule has 0 aliphatic heterocycles. The first kappa shape index (κ1) is 9.62. The van der Waals surface area contributed by atoms with Gasteiger partial charge in [-0.15, -0.1) is 0 Å². The third-order valence-corrected chi connectivity index (χ3v) is 2.79. The quantitative estimate of drug-likeness (QED) is 0.771. The first-order valence-corrected chi connectivity index (χ1v) is 5.32. The molecule has 0 fully saturated rings. The van der Waals surface area contributed by atoms with E-state index in [0.717, 1.165) is 11.5 Å². The molecule has 2 N–H and O–H groups in total. The Morgan fingerprint density at radius 3 is 2.58 bits per heavy atom. The average molecular weight is 181 g/mol. The Bertz CT molecular complexity index is 208. The highest BCUT2D eigenvalue weighted by atomic mass is 32.2. The van der Waals surface area contributed by atoms with Gasteiger partial charge in [-0.25, -0.2) is 0 Å². The summed E-state index contributed by atoms with van der Waals surface area (Å²) >= 11 is 1.89. The summed E-state index contributed by atoms with van der Waals surface area (Å²) in [5.74, 6) is 2.11. The van der Waals surface area contributed by atoms with Gasteiger partial charge in [-0.2, -0.15) is 11.8 Å². The lowest BCUT2D eigenvalue weighted by molar-refractivity contribution is 0.847. The van der Waals surface area contributed by atoms with E-state index in [0.29, 0.717) is 6.04 Å². The Morgan fingerprint density at radius 2 is 2.00 bits per heavy atom. The standard InChI is InChI=1S/C10H15NS/c1-9(11)7-12-8-10-5-3-2-4-6-10/h2-6,9H,7-8,11H2,1H3/t9-/m1/s1. The summed E-state index contributed by atoms with van der Waals surface area (Å²) in [7, 11) is 0. The van der Waals surface area contributed by atoms with E-state index in [1.54, 1.807) is 0 Å². The van der Waals surface area contributed by atoms with Crippen LogP contribution in [0.4, 0.5) is 0 Å². The predicted molar refractivity (Wildman–Crippen MR) is 56.3 cm³/mol. The van der Waals surface area contributed by atoms with Crippen molar-refractivity contribution in [2.75, 3.05) is 5.75 Å². The van der Waals surface area contributed by atoms with Crippen LogP contribution in [0.25, 0.3) is 0 Å². The van der Waals surface area contributed by atoms with Crippen molar-refractivity contribution in [1.29, 1.82) is 0 Å². The molecule has 0 aliphatic carbocycles. The van der Waals surface area contributed by atoms with Crippen LogP contribution in [0.5, 0.6) is 0 Å². The third-order valence-electron chi connectivity index (χ3n) is 1.49. The molecular formula is C10H15NS. The van der Waals surface area contributed by atoms with Crippen molar-refractivity contribution >= 4 is 11.8 Å². The molecule has 0 spiro atoms. The highest BCUT2D eigenvalue weighted by Gasteiger charge is 1.95. The lowest BCUT2D eigenvalue weighted by Gasteiger charge is -2.03. The normalized spacial score (nSPS) is 12.8. The molecule has 2 heteroatoms. The van der Waals surface area contributed by atoms with Gasteiger partial charge in [0.2, 0.25) is 0 Å². The zero-order valence-electron chi connectivity index (χ0n) is 7.36. The number of benzene rings is 1. The second-order valence-electron chi connectivity index (χ2n) is 2.98. The second-order valence-corrected chi connectivity index (χ2v) is 4.01. The SMILES string of the molecule is C[C@@H](N)CSCc1ccccc1. The van der Waals surface area contributed by atoms with Crippen LogP contribution in [-0.4, -0.2) is 11.8 Å². The molecule has 1 atom stereocenters. The molecule has 0 unspecified atom stereocenters. The lowest BCUT2D eigenvalue weighted by atomic mass is 10.2. The van der Waals surface area contributed by atoms with Crippen LogP contribution in [-0.2, 0) is 5.75 Å². The van der Waals surface area contributed by atoms with E-state index in [9.17, 15) is 0 Å². The van der Waals surface area contributed by atoms with Crippen molar-refractivity contribution < 1.29 is 0 Å². The lowest BCUT2D eigenvalue weighted by Crippen LogP contribution is -2.17. The summed E-state index contributed by atoms with van der Waals surface area (Å²) in [6, 6.07) is 10.8. The molecule has 12 heavy (non-hydrogen) atoms. The predicted octanol–water partition coefficient (Wildman–Crippen LogP) is 2.27. The highest BCUT2D eigenvalue weighted by molar-refractivity contribution is 7.98. The van der Waals surface area contributed by atoms with Crippen molar-refractivity contribution in [1.82, 2.24) is 0 Å². The van der Waals surface area contributed by atoms with Crippen LogP contribution < -0.4 is 5.73 Å². The number of thioether (sulfide) groups is 1. The van der Waals surface area contributed by atoms with Gasteiger partial charge in [-0.1, -0.05) is 30.3 Å². The van der Waals surface area contributed by atoms with Crippen LogP contribution in [0, 0.1) is 0 Å². The first-order chi connectivity index (χ1) is 5.79. The summed E-state index contributed by atoms with van der Waals surface area (Å²) < 4.78 is 0. The van der Waals surface area contributed by atoms with E-state index >= 15 is 0 Å². The molecule has 0 aromatic heterocycles. The summed E-state index contributed by atoms with van der Waals surface area (Å²) in [4.78, 5) is 0. The maximum absolute atomic E-state index is 5.64. The average Bonchev–Trinajstić information content (AvgIpc) is 2.05. The summed E-state index contributed by atoms with van der Waals surface area (Å²) in [6.07, 6.45) is 0. The minimum absolute atomic E-state index is 0.304. The van der Waals surface area contributed by atoms with Gasteiger partial charge < -0.3 is 5.73 Å². The molecular weight excluding hydrogens is 166 g/mol. The summed E-state index contributed by atoms with van der Waals surface area (Å²) in [5, 5.41) is 0. The molecule has 0 saturated carbocycles. The van der Waals surface area contributed by atoms with Gasteiger partial charge in [0, 0.05) is 17.5 Å². The third kappa shape index (κ3) is 3.79. The van der Waals surface area contributed by atoms with Crippen LogP contribution in [0.2, 0.25) is 0 Å². The van der Waals surface area contributed by atoms with Gasteiger partial charge in [-0.3, -0.25) is 0 Å². The number of hydrogen-bond donors (Lipinski definition) is 1. The highest BCUT2D eigenvalue weighted by Crippen LogP contribution is 2.11. The molecule has 66 valence electrons. The van der Waals surface area contributed by atoms with Gasteiger partial charge >= 0.3 is 0 Å². The van der Waals surface area contributed by atoms with Gasteiger partial charge in [-0.05, 0) is 12.5 Å². The topological polar surface area (TPSA) is 26.0 Å². The van der Waals surface area contributed by atoms with E-state index in [4.69, 9.17) is 5.73 Å². The van der Waals surface area contributed by atoms with Crippen molar-refractivity contribution in [3.8, 4) is 0 Å². The molecule has 1 aromatic rings. The van der Waals surface area contributed by atoms with E-state index in [1.807, 2.05) is 24.8 Å². The van der Waals surface area contributed by atoms with Gasteiger partial charge in [0.15, 0.2) is 0 Å². The maximum Gasteiger partial charge on any atom is 0.0185 e. The van der Waals surface area contributed by atoms with Crippen molar-refractivity contribution in [3.05, 3.63) is 35.9 Å². The fourth-order valence-corrected chi connectivity index (χ4v) is 1.85. The van der Waals surface area contributed by atoms with Crippen LogP contribution in [0.1, 0.15) is 12.5 Å². The van der Waals surface area contributed by atoms with E-state index < -0.39 is 0 Å². The molecule has 0 bridgehead atoms. The minimum Gasteiger partial charge on any atom is -0.327 e. The molecule has 0 aliphatic rings.